The second-order valence-corrected chi connectivity index (χ2v) is 5.78. The summed E-state index contributed by atoms with van der Waals surface area (Å²) in [5, 5.41) is 23.2. The van der Waals surface area contributed by atoms with Gasteiger partial charge in [0.05, 0.1) is 6.10 Å². The molecule has 3 fully saturated rings. The fourth-order valence-electron chi connectivity index (χ4n) is 3.24. The van der Waals surface area contributed by atoms with E-state index in [-0.39, 0.29) is 12.1 Å². The minimum absolute atomic E-state index is 0.156. The van der Waals surface area contributed by atoms with E-state index in [0.717, 1.165) is 44.6 Å². The molecular weight excluding hydrogens is 240 g/mol. The van der Waals surface area contributed by atoms with Gasteiger partial charge in [-0.3, -0.25) is 0 Å². The zero-order chi connectivity index (χ0) is 13.2. The summed E-state index contributed by atoms with van der Waals surface area (Å²) in [5.74, 6) is 0.749. The summed E-state index contributed by atoms with van der Waals surface area (Å²) in [7, 11) is 0. The van der Waals surface area contributed by atoms with E-state index in [9.17, 15) is 10.2 Å². The van der Waals surface area contributed by atoms with Gasteiger partial charge >= 0.3 is 0 Å². The van der Waals surface area contributed by atoms with Gasteiger partial charge in [0.15, 0.2) is 0 Å². The molecule has 4 heteroatoms. The maximum absolute atomic E-state index is 10.4. The predicted octanol–water partition coefficient (Wildman–Crippen LogP) is 0.937. The summed E-state index contributed by atoms with van der Waals surface area (Å²) >= 11 is 0. The van der Waals surface area contributed by atoms with Crippen molar-refractivity contribution in [2.24, 2.45) is 5.92 Å². The molecule has 19 heavy (non-hydrogen) atoms. The minimum Gasteiger partial charge on any atom is -0.508 e. The molecule has 4 nitrogen and oxygen atoms in total. The quantitative estimate of drug-likeness (QED) is 0.759. The van der Waals surface area contributed by atoms with Crippen LogP contribution in [0.2, 0.25) is 0 Å². The highest BCUT2D eigenvalue weighted by Gasteiger charge is 2.36. The minimum atomic E-state index is -0.232. The van der Waals surface area contributed by atoms with Crippen molar-refractivity contribution < 1.29 is 10.2 Å². The number of aliphatic hydroxyl groups is 1. The van der Waals surface area contributed by atoms with Crippen LogP contribution in [0, 0.1) is 5.92 Å². The first-order valence-corrected chi connectivity index (χ1v) is 7.14. The molecule has 0 radical (unpaired) electrons. The van der Waals surface area contributed by atoms with Crippen LogP contribution >= 0.6 is 0 Å². The van der Waals surface area contributed by atoms with E-state index >= 15 is 0 Å². The largest absolute Gasteiger partial charge is 0.508 e. The van der Waals surface area contributed by atoms with E-state index in [1.807, 2.05) is 12.1 Å². The van der Waals surface area contributed by atoms with E-state index in [0.29, 0.717) is 11.7 Å². The first-order chi connectivity index (χ1) is 9.22. The number of phenols is 1. The third-order valence-electron chi connectivity index (χ3n) is 4.49. The third kappa shape index (κ3) is 2.91. The van der Waals surface area contributed by atoms with Crippen LogP contribution in [-0.2, 0) is 6.54 Å². The lowest BCUT2D eigenvalue weighted by atomic mass is 9.91. The topological polar surface area (TPSA) is 55.7 Å². The maximum atomic E-state index is 10.4. The Morgan fingerprint density at radius 3 is 2.53 bits per heavy atom. The number of hydrogen-bond donors (Lipinski definition) is 3. The van der Waals surface area contributed by atoms with Crippen molar-refractivity contribution in [1.29, 1.82) is 0 Å². The van der Waals surface area contributed by atoms with Crippen molar-refractivity contribution in [3.05, 3.63) is 29.8 Å². The van der Waals surface area contributed by atoms with Crippen LogP contribution in [0.5, 0.6) is 5.75 Å². The summed E-state index contributed by atoms with van der Waals surface area (Å²) < 4.78 is 0. The highest BCUT2D eigenvalue weighted by atomic mass is 16.3. The van der Waals surface area contributed by atoms with Crippen molar-refractivity contribution in [2.45, 2.75) is 31.5 Å². The molecule has 3 heterocycles. The predicted molar refractivity (Wildman–Crippen MR) is 73.9 cm³/mol. The molecule has 2 atom stereocenters. The smallest absolute Gasteiger partial charge is 0.115 e. The molecule has 0 spiro atoms. The van der Waals surface area contributed by atoms with Gasteiger partial charge in [0, 0.05) is 19.1 Å². The lowest BCUT2D eigenvalue weighted by Crippen LogP contribution is -2.45. The number of piperidine rings is 1. The van der Waals surface area contributed by atoms with Crippen LogP contribution in [-0.4, -0.2) is 46.9 Å². The van der Waals surface area contributed by atoms with Crippen LogP contribution in [0.4, 0.5) is 0 Å². The summed E-state index contributed by atoms with van der Waals surface area (Å²) in [5.41, 5.74) is 1.14. The molecular formula is C15H22N2O2. The average molecular weight is 262 g/mol. The number of hydrogen-bond acceptors (Lipinski definition) is 4. The Bertz CT molecular complexity index is 413. The monoisotopic (exact) mass is 262 g/mol. The molecule has 2 bridgehead atoms. The summed E-state index contributed by atoms with van der Waals surface area (Å²) in [6.07, 6.45) is 2.02. The van der Waals surface area contributed by atoms with Crippen LogP contribution in [0.25, 0.3) is 0 Å². The Labute approximate surface area is 114 Å². The number of benzene rings is 1. The van der Waals surface area contributed by atoms with Gasteiger partial charge in [-0.1, -0.05) is 12.1 Å². The number of nitrogens with one attached hydrogen (secondary N) is 1. The van der Waals surface area contributed by atoms with E-state index in [4.69, 9.17) is 0 Å². The molecule has 1 aromatic carbocycles. The first kappa shape index (κ1) is 12.9. The van der Waals surface area contributed by atoms with E-state index in [1.165, 1.54) is 0 Å². The van der Waals surface area contributed by atoms with Gasteiger partial charge in [-0.05, 0) is 49.5 Å². The van der Waals surface area contributed by atoms with Gasteiger partial charge in [-0.2, -0.15) is 0 Å². The second-order valence-electron chi connectivity index (χ2n) is 5.78. The van der Waals surface area contributed by atoms with Crippen molar-refractivity contribution in [1.82, 2.24) is 10.2 Å². The lowest BCUT2D eigenvalue weighted by Gasteiger charge is -2.27. The highest BCUT2D eigenvalue weighted by Crippen LogP contribution is 2.27. The van der Waals surface area contributed by atoms with Crippen LogP contribution in [0.1, 0.15) is 18.4 Å². The van der Waals surface area contributed by atoms with E-state index < -0.39 is 0 Å². The van der Waals surface area contributed by atoms with Gasteiger partial charge in [0.2, 0.25) is 0 Å². The number of nitrogens with zero attached hydrogens (tertiary/aromatic N) is 1. The van der Waals surface area contributed by atoms with Gasteiger partial charge in [0.25, 0.3) is 0 Å². The average Bonchev–Trinajstić information content (AvgIpc) is 2.68. The third-order valence-corrected chi connectivity index (χ3v) is 4.49. The lowest BCUT2D eigenvalue weighted by molar-refractivity contribution is 0.0743. The normalized spacial score (nSPS) is 34.2. The molecule has 3 N–H and O–H groups in total. The van der Waals surface area contributed by atoms with E-state index in [2.05, 4.69) is 10.2 Å². The zero-order valence-corrected chi connectivity index (χ0v) is 11.1. The Hall–Kier alpha value is -1.10. The first-order valence-electron chi connectivity index (χ1n) is 7.14. The highest BCUT2D eigenvalue weighted by molar-refractivity contribution is 5.25. The molecule has 1 unspecified atom stereocenters. The Kier molecular flexibility index (Phi) is 3.73. The van der Waals surface area contributed by atoms with Crippen molar-refractivity contribution in [2.75, 3.05) is 19.6 Å². The Morgan fingerprint density at radius 1 is 1.16 bits per heavy atom. The number of aliphatic hydroxyl groups excluding tert-OH is 1. The molecule has 3 aliphatic rings. The Morgan fingerprint density at radius 2 is 1.84 bits per heavy atom. The molecule has 104 valence electrons. The number of aromatic hydroxyl groups is 1. The summed E-state index contributed by atoms with van der Waals surface area (Å²) in [6, 6.07) is 7.39. The Balaban J connectivity index is 1.61. The van der Waals surface area contributed by atoms with Crippen molar-refractivity contribution in [3.63, 3.8) is 0 Å². The number of phenolic OH excluding ortho intramolecular Hbond substituents is 1. The van der Waals surface area contributed by atoms with Crippen molar-refractivity contribution in [3.8, 4) is 5.75 Å². The molecule has 4 rings (SSSR count). The second kappa shape index (κ2) is 5.49. The fourth-order valence-corrected chi connectivity index (χ4v) is 3.24. The molecule has 3 aliphatic heterocycles. The molecule has 3 saturated heterocycles. The molecule has 0 aromatic heterocycles. The number of fused-ring (bicyclic) bond motifs is 4. The molecule has 0 aliphatic carbocycles. The van der Waals surface area contributed by atoms with Crippen LogP contribution < -0.4 is 5.32 Å². The zero-order valence-electron chi connectivity index (χ0n) is 11.1. The van der Waals surface area contributed by atoms with Crippen LogP contribution in [0.3, 0.4) is 0 Å². The van der Waals surface area contributed by atoms with Crippen molar-refractivity contribution >= 4 is 0 Å². The summed E-state index contributed by atoms with van der Waals surface area (Å²) in [6.45, 7) is 3.93. The standard InChI is InChI=1S/C15H22N2O2/c18-13-3-1-11(2-4-13)9-16-14-10-17-7-5-12(6-8-17)15(14)19/h1-4,12,14-16,18-19H,5-10H2/t14-,15?/m1/s1. The maximum Gasteiger partial charge on any atom is 0.115 e. The van der Waals surface area contributed by atoms with Gasteiger partial charge in [-0.25, -0.2) is 0 Å². The molecule has 0 amide bonds. The van der Waals surface area contributed by atoms with Crippen LogP contribution in [0.15, 0.2) is 24.3 Å². The number of rotatable bonds is 3. The van der Waals surface area contributed by atoms with Gasteiger partial charge in [-0.15, -0.1) is 0 Å². The molecule has 1 aromatic rings. The fraction of sp³-hybridized carbons (Fsp3) is 0.600. The summed E-state index contributed by atoms with van der Waals surface area (Å²) in [4.78, 5) is 2.45. The van der Waals surface area contributed by atoms with Gasteiger partial charge < -0.3 is 20.4 Å². The SMILES string of the molecule is Oc1ccc(CN[C@@H]2CN3CCC(CC3)C2O)cc1. The molecule has 0 saturated carbocycles. The van der Waals surface area contributed by atoms with E-state index in [1.54, 1.807) is 12.1 Å². The van der Waals surface area contributed by atoms with Gasteiger partial charge in [0.1, 0.15) is 5.75 Å².